The second-order valence-electron chi connectivity index (χ2n) is 3.56. The fourth-order valence-corrected chi connectivity index (χ4v) is 1.95. The molecule has 1 aliphatic heterocycles. The molecule has 0 atom stereocenters. The van der Waals surface area contributed by atoms with Gasteiger partial charge in [-0.2, -0.15) is 0 Å². The predicted molar refractivity (Wildman–Crippen MR) is 65.6 cm³/mol. The second-order valence-corrected chi connectivity index (χ2v) is 4.72. The maximum Gasteiger partial charge on any atom is 0.366 e. The zero-order valence-corrected chi connectivity index (χ0v) is 11.1. The summed E-state index contributed by atoms with van der Waals surface area (Å²) in [5.41, 5.74) is -0.311. The Morgan fingerprint density at radius 2 is 1.89 bits per heavy atom. The number of hydrogen-bond donors (Lipinski definition) is 0. The van der Waals surface area contributed by atoms with Gasteiger partial charge in [-0.1, -0.05) is 6.07 Å². The fraction of sp³-hybridized carbons (Fsp3) is 0.182. The van der Waals surface area contributed by atoms with Crippen molar-refractivity contribution in [3.63, 3.8) is 0 Å². The first-order valence-corrected chi connectivity index (χ1v) is 6.10. The smallest absolute Gasteiger partial charge is 0.325 e. The molecular weight excluding hydrogens is 356 g/mol. The lowest BCUT2D eigenvalue weighted by atomic mass is 10.2. The monoisotopic (exact) mass is 363 g/mol. The van der Waals surface area contributed by atoms with Gasteiger partial charge in [0.05, 0.1) is 5.56 Å². The molecule has 1 fully saturated rings. The summed E-state index contributed by atoms with van der Waals surface area (Å²) in [6, 6.07) is 4.19. The summed E-state index contributed by atoms with van der Waals surface area (Å²) in [6.45, 7) is 0. The number of hydroxylamine groups is 2. The molecule has 0 spiro atoms. The number of nitrogens with zero attached hydrogens (tertiary/aromatic N) is 1. The van der Waals surface area contributed by atoms with Crippen LogP contribution in [0.5, 0.6) is 0 Å². The van der Waals surface area contributed by atoms with Crippen LogP contribution >= 0.6 is 22.6 Å². The Bertz CT molecular complexity index is 530. The highest BCUT2D eigenvalue weighted by molar-refractivity contribution is 14.1. The summed E-state index contributed by atoms with van der Waals surface area (Å²) < 4.78 is 13.9. The Kier molecular flexibility index (Phi) is 3.60. The van der Waals surface area contributed by atoms with Crippen LogP contribution in [0, 0.1) is 9.39 Å². The summed E-state index contributed by atoms with van der Waals surface area (Å²) in [5.74, 6) is -2.99. The molecule has 2 rings (SSSR count). The molecule has 94 valence electrons. The summed E-state index contributed by atoms with van der Waals surface area (Å²) in [4.78, 5) is 38.7. The Balaban J connectivity index is 2.20. The Hall–Kier alpha value is -1.51. The highest BCUT2D eigenvalue weighted by atomic mass is 127. The number of rotatable bonds is 2. The van der Waals surface area contributed by atoms with Crippen LogP contribution in [0.1, 0.15) is 23.2 Å². The Morgan fingerprint density at radius 1 is 1.28 bits per heavy atom. The molecular formula is C11H7FINO4. The minimum absolute atomic E-state index is 0.000912. The minimum atomic E-state index is -1.06. The van der Waals surface area contributed by atoms with Crippen LogP contribution in [0.4, 0.5) is 4.39 Å². The van der Waals surface area contributed by atoms with Gasteiger partial charge in [-0.25, -0.2) is 9.18 Å². The van der Waals surface area contributed by atoms with Gasteiger partial charge in [-0.15, -0.1) is 5.06 Å². The minimum Gasteiger partial charge on any atom is -0.325 e. The summed E-state index contributed by atoms with van der Waals surface area (Å²) in [5, 5.41) is 0.391. The van der Waals surface area contributed by atoms with Gasteiger partial charge in [0.2, 0.25) is 0 Å². The molecule has 1 aromatic carbocycles. The van der Waals surface area contributed by atoms with Gasteiger partial charge in [0.15, 0.2) is 5.82 Å². The molecule has 1 heterocycles. The zero-order chi connectivity index (χ0) is 13.3. The number of halogens is 2. The molecule has 0 N–H and O–H groups in total. The third-order valence-corrected chi connectivity index (χ3v) is 3.18. The van der Waals surface area contributed by atoms with Crippen molar-refractivity contribution in [2.45, 2.75) is 12.8 Å². The number of benzene rings is 1. The lowest BCUT2D eigenvalue weighted by Crippen LogP contribution is -2.32. The van der Waals surface area contributed by atoms with Gasteiger partial charge in [-0.3, -0.25) is 9.59 Å². The molecule has 18 heavy (non-hydrogen) atoms. The first-order valence-electron chi connectivity index (χ1n) is 5.03. The van der Waals surface area contributed by atoms with Gasteiger partial charge >= 0.3 is 5.97 Å². The molecule has 5 nitrogen and oxygen atoms in total. The van der Waals surface area contributed by atoms with Gasteiger partial charge in [0.25, 0.3) is 11.8 Å². The summed E-state index contributed by atoms with van der Waals surface area (Å²) in [7, 11) is 0. The third kappa shape index (κ3) is 2.35. The van der Waals surface area contributed by atoms with E-state index in [9.17, 15) is 18.8 Å². The highest BCUT2D eigenvalue weighted by Crippen LogP contribution is 2.18. The molecule has 1 aliphatic rings. The lowest BCUT2D eigenvalue weighted by molar-refractivity contribution is -0.172. The van der Waals surface area contributed by atoms with E-state index in [0.29, 0.717) is 5.06 Å². The number of imide groups is 1. The number of carbonyl (C=O) groups is 3. The van der Waals surface area contributed by atoms with E-state index in [2.05, 4.69) is 4.84 Å². The first-order chi connectivity index (χ1) is 8.50. The van der Waals surface area contributed by atoms with Crippen molar-refractivity contribution < 1.29 is 23.6 Å². The van der Waals surface area contributed by atoms with Gasteiger partial charge in [0.1, 0.15) is 0 Å². The van der Waals surface area contributed by atoms with Crippen molar-refractivity contribution in [1.82, 2.24) is 5.06 Å². The van der Waals surface area contributed by atoms with Crippen LogP contribution < -0.4 is 0 Å². The average Bonchev–Trinajstić information content (AvgIpc) is 2.64. The van der Waals surface area contributed by atoms with E-state index >= 15 is 0 Å². The Labute approximate surface area is 115 Å². The molecule has 0 aromatic heterocycles. The maximum atomic E-state index is 13.6. The van der Waals surface area contributed by atoms with E-state index in [1.54, 1.807) is 22.6 Å². The van der Waals surface area contributed by atoms with E-state index < -0.39 is 23.6 Å². The molecule has 1 aromatic rings. The van der Waals surface area contributed by atoms with Crippen LogP contribution in [0.3, 0.4) is 0 Å². The van der Waals surface area contributed by atoms with E-state index in [1.807, 2.05) is 0 Å². The van der Waals surface area contributed by atoms with Crippen molar-refractivity contribution in [2.75, 3.05) is 0 Å². The molecule has 0 aliphatic carbocycles. The van der Waals surface area contributed by atoms with Crippen molar-refractivity contribution in [3.05, 3.63) is 33.1 Å². The summed E-state index contributed by atoms with van der Waals surface area (Å²) >= 11 is 1.73. The highest BCUT2D eigenvalue weighted by Gasteiger charge is 2.33. The molecule has 0 saturated carbocycles. The quantitative estimate of drug-likeness (QED) is 0.592. The van der Waals surface area contributed by atoms with Crippen LogP contribution in [-0.2, 0) is 14.4 Å². The first kappa shape index (κ1) is 12.9. The van der Waals surface area contributed by atoms with Crippen molar-refractivity contribution in [2.24, 2.45) is 0 Å². The predicted octanol–water partition coefficient (Wildman–Crippen LogP) is 1.65. The SMILES string of the molecule is O=C(ON1C(=O)CCC1=O)c1cccc(I)c1F. The van der Waals surface area contributed by atoms with Crippen molar-refractivity contribution >= 4 is 40.4 Å². The van der Waals surface area contributed by atoms with Crippen LogP contribution in [0.25, 0.3) is 0 Å². The molecule has 7 heteroatoms. The fourth-order valence-electron chi connectivity index (χ4n) is 1.45. The van der Waals surface area contributed by atoms with E-state index in [1.165, 1.54) is 18.2 Å². The number of carbonyl (C=O) groups excluding carboxylic acids is 3. The standard InChI is InChI=1S/C11H7FINO4/c12-10-6(2-1-3-7(10)13)11(17)18-14-8(15)4-5-9(14)16/h1-3H,4-5H2. The van der Waals surface area contributed by atoms with Crippen molar-refractivity contribution in [3.8, 4) is 0 Å². The molecule has 0 bridgehead atoms. The molecule has 0 unspecified atom stereocenters. The van der Waals surface area contributed by atoms with Gasteiger partial charge < -0.3 is 4.84 Å². The van der Waals surface area contributed by atoms with Crippen LogP contribution in [0.15, 0.2) is 18.2 Å². The molecule has 1 saturated heterocycles. The Morgan fingerprint density at radius 3 is 2.50 bits per heavy atom. The maximum absolute atomic E-state index is 13.6. The molecule has 0 radical (unpaired) electrons. The number of hydrogen-bond acceptors (Lipinski definition) is 4. The zero-order valence-electron chi connectivity index (χ0n) is 8.98. The van der Waals surface area contributed by atoms with Crippen molar-refractivity contribution in [1.29, 1.82) is 0 Å². The third-order valence-electron chi connectivity index (χ3n) is 2.35. The normalized spacial score (nSPS) is 15.1. The van der Waals surface area contributed by atoms with E-state index in [4.69, 9.17) is 0 Å². The van der Waals surface area contributed by atoms with Gasteiger partial charge in [-0.05, 0) is 34.7 Å². The van der Waals surface area contributed by atoms with E-state index in [-0.39, 0.29) is 22.0 Å². The van der Waals surface area contributed by atoms with Gasteiger partial charge in [0, 0.05) is 16.4 Å². The second kappa shape index (κ2) is 5.01. The molecule has 2 amide bonds. The topological polar surface area (TPSA) is 63.7 Å². The lowest BCUT2D eigenvalue weighted by Gasteiger charge is -2.12. The number of amides is 2. The summed E-state index contributed by atoms with van der Waals surface area (Å²) in [6.07, 6.45) is 0.00182. The van der Waals surface area contributed by atoms with E-state index in [0.717, 1.165) is 0 Å². The van der Waals surface area contributed by atoms with Crippen LogP contribution in [0.2, 0.25) is 0 Å². The van der Waals surface area contributed by atoms with Crippen LogP contribution in [-0.4, -0.2) is 22.8 Å². The largest absolute Gasteiger partial charge is 0.366 e. The average molecular weight is 363 g/mol.